The van der Waals surface area contributed by atoms with Crippen LogP contribution in [-0.2, 0) is 14.1 Å². The Kier molecular flexibility index (Phi) is 4.65. The summed E-state index contributed by atoms with van der Waals surface area (Å²) in [6, 6.07) is 6.73. The molecule has 0 spiro atoms. The summed E-state index contributed by atoms with van der Waals surface area (Å²) in [7, 11) is 3.66. The van der Waals surface area contributed by atoms with Gasteiger partial charge in [-0.05, 0) is 30.7 Å². The molecule has 1 N–H and O–H groups in total. The number of unbranched alkanes of at least 4 members (excludes halogenated alkanes) is 1. The summed E-state index contributed by atoms with van der Waals surface area (Å²) in [5, 5.41) is 3.55. The van der Waals surface area contributed by atoms with Gasteiger partial charge in [0, 0.05) is 20.1 Å². The molecule has 2 aromatic rings. The van der Waals surface area contributed by atoms with E-state index in [0.717, 1.165) is 24.0 Å². The summed E-state index contributed by atoms with van der Waals surface area (Å²) in [5.41, 5.74) is 3.31. The van der Waals surface area contributed by atoms with Crippen molar-refractivity contribution in [2.75, 3.05) is 6.54 Å². The number of imidazole rings is 1. The van der Waals surface area contributed by atoms with E-state index in [1.807, 2.05) is 14.1 Å². The highest BCUT2D eigenvalue weighted by Gasteiger charge is 2.13. The molecule has 1 atom stereocenters. The predicted molar refractivity (Wildman–Crippen MR) is 84.1 cm³/mol. The average Bonchev–Trinajstić information content (AvgIpc) is 2.68. The summed E-state index contributed by atoms with van der Waals surface area (Å²) in [4.78, 5) is 12.0. The molecule has 0 aliphatic carbocycles. The van der Waals surface area contributed by atoms with Crippen molar-refractivity contribution in [1.82, 2.24) is 14.5 Å². The second kappa shape index (κ2) is 6.27. The summed E-state index contributed by atoms with van der Waals surface area (Å²) in [6.07, 6.45) is 3.55. The van der Waals surface area contributed by atoms with Crippen molar-refractivity contribution in [3.63, 3.8) is 0 Å². The fraction of sp³-hybridized carbons (Fsp3) is 0.562. The van der Waals surface area contributed by atoms with Gasteiger partial charge in [0.25, 0.3) is 0 Å². The Labute approximate surface area is 120 Å². The van der Waals surface area contributed by atoms with Gasteiger partial charge in [-0.25, -0.2) is 4.79 Å². The molecule has 0 fully saturated rings. The van der Waals surface area contributed by atoms with Gasteiger partial charge in [-0.2, -0.15) is 0 Å². The minimum absolute atomic E-state index is 0.0331. The normalized spacial score (nSPS) is 13.0. The Hall–Kier alpha value is -1.55. The fourth-order valence-electron chi connectivity index (χ4n) is 2.78. The van der Waals surface area contributed by atoms with Crippen LogP contribution in [0.4, 0.5) is 0 Å². The van der Waals surface area contributed by atoms with E-state index in [-0.39, 0.29) is 5.69 Å². The predicted octanol–water partition coefficient (Wildman–Crippen LogP) is 2.72. The van der Waals surface area contributed by atoms with Gasteiger partial charge in [0.2, 0.25) is 0 Å². The molecule has 0 aliphatic heterocycles. The largest absolute Gasteiger partial charge is 0.328 e. The minimum Gasteiger partial charge on any atom is -0.310 e. The van der Waals surface area contributed by atoms with E-state index in [2.05, 4.69) is 37.4 Å². The van der Waals surface area contributed by atoms with Crippen LogP contribution >= 0.6 is 0 Å². The second-order valence-electron chi connectivity index (χ2n) is 5.40. The summed E-state index contributed by atoms with van der Waals surface area (Å²) < 4.78 is 3.43. The van der Waals surface area contributed by atoms with Crippen LogP contribution in [-0.4, -0.2) is 15.7 Å². The number of nitrogens with zero attached hydrogens (tertiary/aromatic N) is 2. The lowest BCUT2D eigenvalue weighted by molar-refractivity contribution is 0.495. The minimum atomic E-state index is 0.0331. The highest BCUT2D eigenvalue weighted by molar-refractivity contribution is 5.77. The third-order valence-electron chi connectivity index (χ3n) is 4.00. The Bertz CT molecular complexity index is 639. The van der Waals surface area contributed by atoms with E-state index < -0.39 is 0 Å². The lowest BCUT2D eigenvalue weighted by Crippen LogP contribution is -2.21. The number of benzene rings is 1. The highest BCUT2D eigenvalue weighted by Crippen LogP contribution is 2.23. The molecule has 20 heavy (non-hydrogen) atoms. The van der Waals surface area contributed by atoms with Crippen molar-refractivity contribution in [2.24, 2.45) is 14.1 Å². The number of rotatable bonds is 6. The van der Waals surface area contributed by atoms with E-state index >= 15 is 0 Å². The van der Waals surface area contributed by atoms with Gasteiger partial charge < -0.3 is 5.32 Å². The molecule has 4 nitrogen and oxygen atoms in total. The second-order valence-corrected chi connectivity index (χ2v) is 5.40. The first-order valence-electron chi connectivity index (χ1n) is 7.48. The van der Waals surface area contributed by atoms with Gasteiger partial charge in [-0.15, -0.1) is 0 Å². The zero-order chi connectivity index (χ0) is 14.7. The molecule has 1 aromatic carbocycles. The molecule has 1 aromatic heterocycles. The van der Waals surface area contributed by atoms with Crippen molar-refractivity contribution in [2.45, 2.75) is 39.2 Å². The van der Waals surface area contributed by atoms with E-state index in [4.69, 9.17) is 0 Å². The van der Waals surface area contributed by atoms with Crippen LogP contribution in [0.15, 0.2) is 23.0 Å². The van der Waals surface area contributed by atoms with Crippen LogP contribution < -0.4 is 11.0 Å². The van der Waals surface area contributed by atoms with Crippen LogP contribution in [0.25, 0.3) is 11.0 Å². The first-order chi connectivity index (χ1) is 9.60. The lowest BCUT2D eigenvalue weighted by atomic mass is 10.0. The highest BCUT2D eigenvalue weighted by atomic mass is 16.1. The fourth-order valence-corrected chi connectivity index (χ4v) is 2.78. The van der Waals surface area contributed by atoms with Crippen molar-refractivity contribution in [1.29, 1.82) is 0 Å². The van der Waals surface area contributed by atoms with Gasteiger partial charge >= 0.3 is 5.69 Å². The van der Waals surface area contributed by atoms with Gasteiger partial charge in [-0.3, -0.25) is 9.13 Å². The summed E-state index contributed by atoms with van der Waals surface area (Å²) >= 11 is 0. The van der Waals surface area contributed by atoms with Crippen molar-refractivity contribution in [3.05, 3.63) is 34.2 Å². The van der Waals surface area contributed by atoms with Crippen LogP contribution in [0.1, 0.15) is 44.7 Å². The quantitative estimate of drug-likeness (QED) is 0.880. The van der Waals surface area contributed by atoms with Gasteiger partial charge in [-0.1, -0.05) is 32.8 Å². The van der Waals surface area contributed by atoms with Crippen LogP contribution in [0.3, 0.4) is 0 Å². The summed E-state index contributed by atoms with van der Waals surface area (Å²) in [5.74, 6) is 0. The number of hydrogen-bond acceptors (Lipinski definition) is 2. The first kappa shape index (κ1) is 14.9. The third kappa shape index (κ3) is 2.66. The first-order valence-corrected chi connectivity index (χ1v) is 7.48. The number of hydrogen-bond donors (Lipinski definition) is 1. The van der Waals surface area contributed by atoms with E-state index in [0.29, 0.717) is 6.04 Å². The molecule has 0 radical (unpaired) electrons. The Balaban J connectivity index is 2.43. The molecule has 0 bridgehead atoms. The molecule has 1 heterocycles. The number of nitrogens with one attached hydrogen (secondary N) is 1. The zero-order valence-electron chi connectivity index (χ0n) is 12.9. The van der Waals surface area contributed by atoms with Crippen molar-refractivity contribution in [3.8, 4) is 0 Å². The topological polar surface area (TPSA) is 39.0 Å². The van der Waals surface area contributed by atoms with E-state index in [1.54, 1.807) is 9.13 Å². The molecular weight excluding hydrogens is 250 g/mol. The van der Waals surface area contributed by atoms with E-state index in [9.17, 15) is 4.79 Å². The maximum Gasteiger partial charge on any atom is 0.328 e. The molecule has 2 rings (SSSR count). The zero-order valence-corrected chi connectivity index (χ0v) is 12.9. The Morgan fingerprint density at radius 2 is 1.85 bits per heavy atom. The van der Waals surface area contributed by atoms with Gasteiger partial charge in [0.1, 0.15) is 0 Å². The molecule has 4 heteroatoms. The Morgan fingerprint density at radius 1 is 1.15 bits per heavy atom. The molecular formula is C16H25N3O. The van der Waals surface area contributed by atoms with E-state index in [1.165, 1.54) is 18.4 Å². The van der Waals surface area contributed by atoms with Crippen LogP contribution in [0.5, 0.6) is 0 Å². The lowest BCUT2D eigenvalue weighted by Gasteiger charge is -2.18. The molecule has 0 amide bonds. The van der Waals surface area contributed by atoms with Gasteiger partial charge in [0.05, 0.1) is 11.0 Å². The van der Waals surface area contributed by atoms with Crippen LogP contribution in [0.2, 0.25) is 0 Å². The monoisotopic (exact) mass is 275 g/mol. The third-order valence-corrected chi connectivity index (χ3v) is 4.00. The maximum atomic E-state index is 12.0. The molecule has 1 unspecified atom stereocenters. The average molecular weight is 275 g/mol. The number of fused-ring (bicyclic) bond motifs is 1. The summed E-state index contributed by atoms with van der Waals surface area (Å²) in [6.45, 7) is 5.31. The maximum absolute atomic E-state index is 12.0. The van der Waals surface area contributed by atoms with Gasteiger partial charge in [0.15, 0.2) is 0 Å². The SMILES string of the molecule is CCCCC(NCC)c1ccc2c(c1)n(C)c(=O)n2C. The standard InChI is InChI=1S/C16H25N3O/c1-5-7-8-13(17-6-2)12-9-10-14-15(11-12)19(4)16(20)18(14)3/h9-11,13,17H,5-8H2,1-4H3. The number of aromatic nitrogens is 2. The van der Waals surface area contributed by atoms with Crippen molar-refractivity contribution >= 4 is 11.0 Å². The number of aryl methyl sites for hydroxylation is 2. The van der Waals surface area contributed by atoms with Crippen molar-refractivity contribution < 1.29 is 0 Å². The molecule has 110 valence electrons. The molecule has 0 aliphatic rings. The molecule has 0 saturated carbocycles. The van der Waals surface area contributed by atoms with Crippen LogP contribution in [0, 0.1) is 0 Å². The Morgan fingerprint density at radius 3 is 2.50 bits per heavy atom. The smallest absolute Gasteiger partial charge is 0.310 e. The molecule has 0 saturated heterocycles.